The van der Waals surface area contributed by atoms with E-state index in [0.717, 1.165) is 45.2 Å². The highest BCUT2D eigenvalue weighted by Gasteiger charge is 2.31. The lowest BCUT2D eigenvalue weighted by Gasteiger charge is -2.41. The molecule has 0 radical (unpaired) electrons. The number of rotatable bonds is 4. The van der Waals surface area contributed by atoms with Gasteiger partial charge in [0.15, 0.2) is 0 Å². The van der Waals surface area contributed by atoms with Crippen LogP contribution in [0, 0.1) is 0 Å². The Morgan fingerprint density at radius 2 is 1.90 bits per heavy atom. The van der Waals surface area contributed by atoms with E-state index in [1.807, 2.05) is 13.2 Å². The predicted octanol–water partition coefficient (Wildman–Crippen LogP) is 1.62. The van der Waals surface area contributed by atoms with Crippen molar-refractivity contribution in [3.63, 3.8) is 0 Å². The predicted molar refractivity (Wildman–Crippen MR) is 84.0 cm³/mol. The highest BCUT2D eigenvalue weighted by Crippen LogP contribution is 2.26. The van der Waals surface area contributed by atoms with Crippen molar-refractivity contribution in [3.05, 3.63) is 0 Å². The van der Waals surface area contributed by atoms with Crippen LogP contribution in [0.5, 0.6) is 0 Å². The van der Waals surface area contributed by atoms with Crippen molar-refractivity contribution in [3.8, 4) is 0 Å². The Morgan fingerprint density at radius 3 is 2.50 bits per heavy atom. The number of likely N-dealkylation sites (tertiary alicyclic amines) is 1. The molecule has 0 bridgehead atoms. The largest absolute Gasteiger partial charge is 0.391 e. The van der Waals surface area contributed by atoms with Crippen molar-refractivity contribution in [2.45, 2.75) is 68.9 Å². The number of carbonyl (C=O) groups is 1. The van der Waals surface area contributed by atoms with E-state index >= 15 is 0 Å². The van der Waals surface area contributed by atoms with Gasteiger partial charge in [0.25, 0.3) is 0 Å². The Labute approximate surface area is 126 Å². The van der Waals surface area contributed by atoms with Crippen LogP contribution in [-0.4, -0.2) is 58.7 Å². The highest BCUT2D eigenvalue weighted by molar-refractivity contribution is 7.99. The number of carbonyl (C=O) groups excluding carboxylic acids is 1. The van der Waals surface area contributed by atoms with E-state index in [2.05, 4.69) is 10.2 Å². The number of aliphatic hydroxyl groups excluding tert-OH is 1. The Hall–Kier alpha value is -0.260. The minimum Gasteiger partial charge on any atom is -0.391 e. The van der Waals surface area contributed by atoms with Crippen LogP contribution in [0.15, 0.2) is 0 Å². The molecule has 2 aliphatic rings. The van der Waals surface area contributed by atoms with Crippen molar-refractivity contribution >= 4 is 17.7 Å². The molecule has 1 heterocycles. The first-order valence-corrected chi connectivity index (χ1v) is 9.16. The Morgan fingerprint density at radius 1 is 1.25 bits per heavy atom. The molecule has 2 rings (SSSR count). The summed E-state index contributed by atoms with van der Waals surface area (Å²) in [5.41, 5.74) is 0. The average molecular weight is 300 g/mol. The number of nitrogens with one attached hydrogen (secondary N) is 1. The summed E-state index contributed by atoms with van der Waals surface area (Å²) in [7, 11) is 0. The van der Waals surface area contributed by atoms with Crippen molar-refractivity contribution in [1.29, 1.82) is 0 Å². The molecule has 0 aromatic heterocycles. The van der Waals surface area contributed by atoms with Crippen molar-refractivity contribution in [2.24, 2.45) is 0 Å². The number of hydrogen-bond acceptors (Lipinski definition) is 4. The highest BCUT2D eigenvalue weighted by atomic mass is 32.2. The van der Waals surface area contributed by atoms with Crippen molar-refractivity contribution in [2.75, 3.05) is 19.3 Å². The minimum absolute atomic E-state index is 0.0354. The third-order valence-electron chi connectivity index (χ3n) is 4.76. The lowest BCUT2D eigenvalue weighted by molar-refractivity contribution is -0.121. The summed E-state index contributed by atoms with van der Waals surface area (Å²) in [5, 5.41) is 13.3. The second-order valence-corrected chi connectivity index (χ2v) is 7.29. The third-order valence-corrected chi connectivity index (χ3v) is 5.68. The average Bonchev–Trinajstić information content (AvgIpc) is 2.48. The maximum atomic E-state index is 11.9. The van der Waals surface area contributed by atoms with E-state index in [9.17, 15) is 9.90 Å². The van der Waals surface area contributed by atoms with Crippen LogP contribution in [0.1, 0.15) is 45.4 Å². The molecule has 1 aliphatic heterocycles. The summed E-state index contributed by atoms with van der Waals surface area (Å²) < 4.78 is 0. The van der Waals surface area contributed by atoms with Gasteiger partial charge in [-0.3, -0.25) is 9.69 Å². The summed E-state index contributed by atoms with van der Waals surface area (Å²) in [6, 6.07) is 0.666. The van der Waals surface area contributed by atoms with Gasteiger partial charge < -0.3 is 10.4 Å². The van der Waals surface area contributed by atoms with Gasteiger partial charge in [-0.1, -0.05) is 12.8 Å². The molecule has 0 aromatic rings. The Kier molecular flexibility index (Phi) is 6.18. The summed E-state index contributed by atoms with van der Waals surface area (Å²) >= 11 is 1.59. The number of piperidine rings is 1. The van der Waals surface area contributed by atoms with E-state index < -0.39 is 0 Å². The molecule has 3 unspecified atom stereocenters. The van der Waals surface area contributed by atoms with Crippen LogP contribution < -0.4 is 5.32 Å². The molecule has 1 saturated heterocycles. The van der Waals surface area contributed by atoms with Gasteiger partial charge in [0, 0.05) is 25.2 Å². The van der Waals surface area contributed by atoms with Gasteiger partial charge >= 0.3 is 0 Å². The van der Waals surface area contributed by atoms with Crippen molar-refractivity contribution < 1.29 is 9.90 Å². The number of amides is 1. The van der Waals surface area contributed by atoms with E-state index in [-0.39, 0.29) is 17.3 Å². The van der Waals surface area contributed by atoms with Crippen LogP contribution in [0.4, 0.5) is 0 Å². The topological polar surface area (TPSA) is 52.6 Å². The zero-order valence-corrected chi connectivity index (χ0v) is 13.5. The summed E-state index contributed by atoms with van der Waals surface area (Å²) in [4.78, 5) is 14.3. The zero-order valence-electron chi connectivity index (χ0n) is 12.7. The molecular formula is C15H28N2O2S. The minimum atomic E-state index is -0.147. The number of hydrogen-bond donors (Lipinski definition) is 2. The van der Waals surface area contributed by atoms with Gasteiger partial charge in [0.2, 0.25) is 5.91 Å². The fourth-order valence-electron chi connectivity index (χ4n) is 3.32. The Bertz CT molecular complexity index is 319. The normalized spacial score (nSPS) is 30.9. The molecule has 4 nitrogen and oxygen atoms in total. The van der Waals surface area contributed by atoms with Crippen LogP contribution in [0.3, 0.4) is 0 Å². The second kappa shape index (κ2) is 7.66. The molecule has 1 aliphatic carbocycles. The molecule has 1 saturated carbocycles. The fraction of sp³-hybridized carbons (Fsp3) is 0.933. The molecule has 5 heteroatoms. The molecule has 0 aromatic carbocycles. The molecular weight excluding hydrogens is 272 g/mol. The molecule has 116 valence electrons. The van der Waals surface area contributed by atoms with E-state index in [1.165, 1.54) is 6.42 Å². The third kappa shape index (κ3) is 4.12. The fourth-order valence-corrected chi connectivity index (χ4v) is 3.60. The van der Waals surface area contributed by atoms with Crippen LogP contribution in [0.25, 0.3) is 0 Å². The first kappa shape index (κ1) is 16.1. The van der Waals surface area contributed by atoms with Gasteiger partial charge in [0.1, 0.15) is 0 Å². The quantitative estimate of drug-likeness (QED) is 0.828. The van der Waals surface area contributed by atoms with Gasteiger partial charge in [-0.25, -0.2) is 0 Å². The maximum Gasteiger partial charge on any atom is 0.233 e. The first-order valence-electron chi connectivity index (χ1n) is 7.87. The number of thioether (sulfide) groups is 1. The summed E-state index contributed by atoms with van der Waals surface area (Å²) in [5.74, 6) is 0.161. The summed E-state index contributed by atoms with van der Waals surface area (Å²) in [6.45, 7) is 3.95. The molecule has 2 fully saturated rings. The van der Waals surface area contributed by atoms with Crippen LogP contribution >= 0.6 is 11.8 Å². The summed E-state index contributed by atoms with van der Waals surface area (Å²) in [6.07, 6.45) is 8.32. The van der Waals surface area contributed by atoms with E-state index in [0.29, 0.717) is 12.1 Å². The lowest BCUT2D eigenvalue weighted by atomic mass is 9.89. The van der Waals surface area contributed by atoms with Crippen LogP contribution in [0.2, 0.25) is 0 Å². The monoisotopic (exact) mass is 300 g/mol. The number of nitrogens with zero attached hydrogens (tertiary/aromatic N) is 1. The molecule has 1 amide bonds. The first-order chi connectivity index (χ1) is 9.61. The molecule has 0 spiro atoms. The Balaban J connectivity index is 1.76. The standard InChI is InChI=1S/C15H28N2O2S/c1-11(20-2)15(19)16-12-7-9-17(10-8-12)13-5-3-4-6-14(13)18/h11-14,18H,3-10H2,1-2H3,(H,16,19). The molecule has 2 N–H and O–H groups in total. The van der Waals surface area contributed by atoms with Gasteiger partial charge in [-0.05, 0) is 38.9 Å². The van der Waals surface area contributed by atoms with Gasteiger partial charge in [0.05, 0.1) is 11.4 Å². The smallest absolute Gasteiger partial charge is 0.233 e. The van der Waals surface area contributed by atoms with Gasteiger partial charge in [-0.2, -0.15) is 11.8 Å². The van der Waals surface area contributed by atoms with Gasteiger partial charge in [-0.15, -0.1) is 0 Å². The van der Waals surface area contributed by atoms with E-state index in [1.54, 1.807) is 11.8 Å². The maximum absolute atomic E-state index is 11.9. The SMILES string of the molecule is CSC(C)C(=O)NC1CCN(C2CCCCC2O)CC1. The van der Waals surface area contributed by atoms with Crippen molar-refractivity contribution in [1.82, 2.24) is 10.2 Å². The second-order valence-electron chi connectivity index (χ2n) is 6.12. The molecule has 20 heavy (non-hydrogen) atoms. The lowest BCUT2D eigenvalue weighted by Crippen LogP contribution is -2.52. The zero-order chi connectivity index (χ0) is 14.5. The van der Waals surface area contributed by atoms with E-state index in [4.69, 9.17) is 0 Å². The van der Waals surface area contributed by atoms with Crippen LogP contribution in [-0.2, 0) is 4.79 Å². The molecule has 3 atom stereocenters. The number of aliphatic hydroxyl groups is 1.